The molecule has 102 valence electrons. The summed E-state index contributed by atoms with van der Waals surface area (Å²) in [6.45, 7) is 2.95. The Kier molecular flexibility index (Phi) is 4.78. The monoisotopic (exact) mass is 251 g/mol. The third-order valence-electron chi connectivity index (χ3n) is 4.13. The number of hydrogen-bond donors (Lipinski definition) is 1. The van der Waals surface area contributed by atoms with Crippen molar-refractivity contribution in [2.45, 2.75) is 57.7 Å². The fraction of sp³-hybridized carbons (Fsp3) is 0.786. The van der Waals surface area contributed by atoms with E-state index in [0.29, 0.717) is 5.92 Å². The minimum atomic E-state index is -0.0689. The van der Waals surface area contributed by atoms with E-state index >= 15 is 0 Å². The van der Waals surface area contributed by atoms with Gasteiger partial charge in [0.25, 0.3) is 0 Å². The first kappa shape index (κ1) is 13.6. The van der Waals surface area contributed by atoms with Crippen molar-refractivity contribution in [1.29, 1.82) is 0 Å². The minimum absolute atomic E-state index is 0.0689. The van der Waals surface area contributed by atoms with Crippen LogP contribution in [0.5, 0.6) is 0 Å². The van der Waals surface area contributed by atoms with Gasteiger partial charge in [0.15, 0.2) is 0 Å². The predicted molar refractivity (Wildman–Crippen MR) is 72.2 cm³/mol. The van der Waals surface area contributed by atoms with Gasteiger partial charge in [-0.2, -0.15) is 5.10 Å². The Morgan fingerprint density at radius 3 is 2.78 bits per heavy atom. The fourth-order valence-corrected chi connectivity index (χ4v) is 3.15. The molecule has 18 heavy (non-hydrogen) atoms. The lowest BCUT2D eigenvalue weighted by molar-refractivity contribution is 0.0153. The summed E-state index contributed by atoms with van der Waals surface area (Å²) in [6, 6.07) is 1.95. The molecule has 0 aliphatic heterocycles. The predicted octanol–water partition coefficient (Wildman–Crippen LogP) is 2.50. The van der Waals surface area contributed by atoms with Crippen LogP contribution < -0.4 is 5.73 Å². The number of rotatable bonds is 5. The van der Waals surface area contributed by atoms with E-state index in [1.807, 2.05) is 16.9 Å². The maximum Gasteiger partial charge on any atom is 0.0807 e. The molecule has 0 saturated heterocycles. The van der Waals surface area contributed by atoms with E-state index in [1.165, 1.54) is 32.1 Å². The van der Waals surface area contributed by atoms with E-state index in [-0.39, 0.29) is 12.1 Å². The van der Waals surface area contributed by atoms with Crippen LogP contribution in [0.25, 0.3) is 0 Å². The Labute approximate surface area is 110 Å². The molecule has 2 rings (SSSR count). The fourth-order valence-electron chi connectivity index (χ4n) is 3.15. The van der Waals surface area contributed by atoms with Crippen LogP contribution in [-0.2, 0) is 11.3 Å². The third kappa shape index (κ3) is 2.75. The van der Waals surface area contributed by atoms with Crippen LogP contribution >= 0.6 is 0 Å². The van der Waals surface area contributed by atoms with E-state index in [9.17, 15) is 0 Å². The number of aryl methyl sites for hydroxylation is 1. The Bertz CT molecular complexity index is 358. The highest BCUT2D eigenvalue weighted by Gasteiger charge is 2.30. The number of nitrogens with two attached hydrogens (primary N) is 1. The number of aromatic nitrogens is 2. The van der Waals surface area contributed by atoms with Crippen molar-refractivity contribution < 1.29 is 4.74 Å². The van der Waals surface area contributed by atoms with E-state index in [1.54, 1.807) is 7.11 Å². The Morgan fingerprint density at radius 2 is 2.17 bits per heavy atom. The molecule has 1 heterocycles. The van der Waals surface area contributed by atoms with E-state index in [4.69, 9.17) is 10.5 Å². The van der Waals surface area contributed by atoms with Gasteiger partial charge in [-0.25, -0.2) is 0 Å². The van der Waals surface area contributed by atoms with Crippen molar-refractivity contribution in [3.8, 4) is 0 Å². The largest absolute Gasteiger partial charge is 0.379 e. The van der Waals surface area contributed by atoms with Gasteiger partial charge in [0, 0.05) is 19.9 Å². The minimum Gasteiger partial charge on any atom is -0.379 e. The van der Waals surface area contributed by atoms with Gasteiger partial charge in [-0.1, -0.05) is 19.3 Å². The second-order valence-corrected chi connectivity index (χ2v) is 5.20. The molecule has 0 spiro atoms. The Hall–Kier alpha value is -0.870. The molecule has 1 aliphatic carbocycles. The van der Waals surface area contributed by atoms with Crippen LogP contribution in [0.4, 0.5) is 0 Å². The molecule has 1 fully saturated rings. The summed E-state index contributed by atoms with van der Waals surface area (Å²) in [4.78, 5) is 0. The summed E-state index contributed by atoms with van der Waals surface area (Å²) >= 11 is 0. The quantitative estimate of drug-likeness (QED) is 0.874. The van der Waals surface area contributed by atoms with E-state index < -0.39 is 0 Å². The maximum atomic E-state index is 6.42. The average Bonchev–Trinajstić information content (AvgIpc) is 2.89. The van der Waals surface area contributed by atoms with Crippen LogP contribution in [0, 0.1) is 5.92 Å². The highest BCUT2D eigenvalue weighted by Crippen LogP contribution is 2.32. The molecule has 2 atom stereocenters. The summed E-state index contributed by atoms with van der Waals surface area (Å²) in [5, 5.41) is 4.30. The lowest BCUT2D eigenvalue weighted by atomic mass is 9.82. The van der Waals surface area contributed by atoms with Crippen LogP contribution in [0.1, 0.15) is 50.8 Å². The van der Waals surface area contributed by atoms with Crippen LogP contribution in [0.15, 0.2) is 12.3 Å². The zero-order chi connectivity index (χ0) is 13.0. The van der Waals surface area contributed by atoms with Crippen LogP contribution in [0.2, 0.25) is 0 Å². The molecular formula is C14H25N3O. The van der Waals surface area contributed by atoms with Crippen molar-refractivity contribution in [2.75, 3.05) is 7.11 Å². The second-order valence-electron chi connectivity index (χ2n) is 5.20. The van der Waals surface area contributed by atoms with Crippen molar-refractivity contribution in [1.82, 2.24) is 9.78 Å². The molecule has 0 radical (unpaired) electrons. The van der Waals surface area contributed by atoms with E-state index in [0.717, 1.165) is 12.2 Å². The van der Waals surface area contributed by atoms with Crippen LogP contribution in [0.3, 0.4) is 0 Å². The third-order valence-corrected chi connectivity index (χ3v) is 4.13. The van der Waals surface area contributed by atoms with Gasteiger partial charge in [-0.3, -0.25) is 4.68 Å². The maximum absolute atomic E-state index is 6.42. The van der Waals surface area contributed by atoms with Gasteiger partial charge in [0.1, 0.15) is 0 Å². The molecule has 2 unspecified atom stereocenters. The van der Waals surface area contributed by atoms with E-state index in [2.05, 4.69) is 12.0 Å². The Morgan fingerprint density at radius 1 is 1.44 bits per heavy atom. The molecule has 0 amide bonds. The van der Waals surface area contributed by atoms with Crippen molar-refractivity contribution in [3.63, 3.8) is 0 Å². The second kappa shape index (κ2) is 6.34. The molecule has 1 aromatic rings. The molecule has 2 N–H and O–H groups in total. The summed E-state index contributed by atoms with van der Waals surface area (Å²) in [5.41, 5.74) is 7.51. The number of hydrogen-bond acceptors (Lipinski definition) is 3. The number of nitrogens with zero attached hydrogens (tertiary/aromatic N) is 2. The first-order chi connectivity index (χ1) is 8.77. The highest BCUT2D eigenvalue weighted by molar-refractivity contribution is 5.09. The topological polar surface area (TPSA) is 53.1 Å². The molecule has 1 aliphatic rings. The molecular weight excluding hydrogens is 226 g/mol. The SMILES string of the molecule is CCn1nccc1C(N)C(OC)C1CCCCC1. The standard InChI is InChI=1S/C14H25N3O/c1-3-17-12(9-10-16-17)13(15)14(18-2)11-7-5-4-6-8-11/h9-11,13-14H,3-8,15H2,1-2H3. The molecule has 1 saturated carbocycles. The molecule has 0 bridgehead atoms. The van der Waals surface area contributed by atoms with Crippen molar-refractivity contribution in [3.05, 3.63) is 18.0 Å². The molecule has 0 aromatic carbocycles. The molecule has 1 aromatic heterocycles. The van der Waals surface area contributed by atoms with Crippen molar-refractivity contribution in [2.24, 2.45) is 11.7 Å². The van der Waals surface area contributed by atoms with Gasteiger partial charge in [-0.15, -0.1) is 0 Å². The zero-order valence-electron chi connectivity index (χ0n) is 11.5. The number of ether oxygens (including phenoxy) is 1. The molecule has 4 heteroatoms. The summed E-state index contributed by atoms with van der Waals surface area (Å²) in [5.74, 6) is 0.596. The Balaban J connectivity index is 2.11. The highest BCUT2D eigenvalue weighted by atomic mass is 16.5. The van der Waals surface area contributed by atoms with Gasteiger partial charge in [-0.05, 0) is 31.7 Å². The first-order valence-electron chi connectivity index (χ1n) is 7.08. The lowest BCUT2D eigenvalue weighted by Crippen LogP contribution is -2.37. The lowest BCUT2D eigenvalue weighted by Gasteiger charge is -2.33. The van der Waals surface area contributed by atoms with Crippen molar-refractivity contribution >= 4 is 0 Å². The van der Waals surface area contributed by atoms with Crippen LogP contribution in [-0.4, -0.2) is 23.0 Å². The van der Waals surface area contributed by atoms with Gasteiger partial charge < -0.3 is 10.5 Å². The average molecular weight is 251 g/mol. The summed E-state index contributed by atoms with van der Waals surface area (Å²) in [7, 11) is 1.78. The summed E-state index contributed by atoms with van der Waals surface area (Å²) < 4.78 is 7.68. The first-order valence-corrected chi connectivity index (χ1v) is 7.08. The normalized spacial score (nSPS) is 20.8. The summed E-state index contributed by atoms with van der Waals surface area (Å²) in [6.07, 6.45) is 8.40. The van der Waals surface area contributed by atoms with Gasteiger partial charge >= 0.3 is 0 Å². The zero-order valence-corrected chi connectivity index (χ0v) is 11.5. The molecule has 4 nitrogen and oxygen atoms in total. The number of methoxy groups -OCH3 is 1. The van der Waals surface area contributed by atoms with Gasteiger partial charge in [0.2, 0.25) is 0 Å². The van der Waals surface area contributed by atoms with Gasteiger partial charge in [0.05, 0.1) is 17.8 Å². The smallest absolute Gasteiger partial charge is 0.0807 e.